The van der Waals surface area contributed by atoms with Crippen LogP contribution in [0.2, 0.25) is 0 Å². The van der Waals surface area contributed by atoms with Gasteiger partial charge in [-0.05, 0) is 55.8 Å². The highest BCUT2D eigenvalue weighted by atomic mass is 16.6. The van der Waals surface area contributed by atoms with E-state index in [1.807, 2.05) is 60.7 Å². The van der Waals surface area contributed by atoms with Gasteiger partial charge in [0.1, 0.15) is 5.69 Å². The van der Waals surface area contributed by atoms with Crippen LogP contribution in [0, 0.1) is 6.92 Å². The Kier molecular flexibility index (Phi) is 5.01. The summed E-state index contributed by atoms with van der Waals surface area (Å²) in [4.78, 5) is 19.3. The van der Waals surface area contributed by atoms with Crippen molar-refractivity contribution in [1.29, 1.82) is 0 Å². The van der Waals surface area contributed by atoms with E-state index < -0.39 is 5.60 Å². The third-order valence-electron chi connectivity index (χ3n) is 8.52. The zero-order chi connectivity index (χ0) is 27.7. The molecule has 41 heavy (non-hydrogen) atoms. The van der Waals surface area contributed by atoms with Gasteiger partial charge in [-0.2, -0.15) is 0 Å². The van der Waals surface area contributed by atoms with Crippen molar-refractivity contribution in [1.82, 2.24) is 14.0 Å². The van der Waals surface area contributed by atoms with Gasteiger partial charge in [-0.3, -0.25) is 0 Å². The van der Waals surface area contributed by atoms with Crippen LogP contribution in [0.25, 0.3) is 38.4 Å². The summed E-state index contributed by atoms with van der Waals surface area (Å²) in [7, 11) is 0. The van der Waals surface area contributed by atoms with E-state index in [1.165, 1.54) is 0 Å². The van der Waals surface area contributed by atoms with E-state index in [9.17, 15) is 4.79 Å². The van der Waals surface area contributed by atoms with Crippen LogP contribution in [0.1, 0.15) is 39.9 Å². The molecule has 1 aliphatic heterocycles. The first-order valence-corrected chi connectivity index (χ1v) is 14.0. The Morgan fingerprint density at radius 3 is 2.44 bits per heavy atom. The molecule has 0 fully saturated rings. The zero-order valence-electron chi connectivity index (χ0n) is 22.8. The van der Waals surface area contributed by atoms with E-state index in [4.69, 9.17) is 9.72 Å². The minimum Gasteiger partial charge on any atom is -0.437 e. The molecule has 0 radical (unpaired) electrons. The lowest BCUT2D eigenvalue weighted by Crippen LogP contribution is -2.33. The lowest BCUT2D eigenvalue weighted by molar-refractivity contribution is 0.0232. The number of benzene rings is 3. The molecule has 7 aromatic rings. The van der Waals surface area contributed by atoms with Gasteiger partial charge in [0.05, 0.1) is 16.8 Å². The average molecular weight is 534 g/mol. The highest BCUT2D eigenvalue weighted by Gasteiger charge is 2.55. The van der Waals surface area contributed by atoms with Gasteiger partial charge in [0.2, 0.25) is 5.60 Å². The number of carbonyl (C=O) groups is 1. The van der Waals surface area contributed by atoms with Crippen molar-refractivity contribution < 1.29 is 9.53 Å². The van der Waals surface area contributed by atoms with E-state index in [2.05, 4.69) is 77.5 Å². The molecule has 0 N–H and O–H groups in total. The molecule has 5 nitrogen and oxygen atoms in total. The van der Waals surface area contributed by atoms with Crippen LogP contribution in [-0.2, 0) is 16.9 Å². The summed E-state index contributed by atoms with van der Waals surface area (Å²) in [6, 6.07) is 36.9. The molecule has 1 unspecified atom stereocenters. The number of aryl methyl sites for hydroxylation is 1. The average Bonchev–Trinajstić information content (AvgIpc) is 3.64. The fourth-order valence-electron chi connectivity index (χ4n) is 6.83. The second-order valence-corrected chi connectivity index (χ2v) is 10.6. The maximum atomic E-state index is 14.0. The number of aromatic nitrogens is 3. The van der Waals surface area contributed by atoms with E-state index >= 15 is 0 Å². The fourth-order valence-corrected chi connectivity index (χ4v) is 6.83. The lowest BCUT2D eigenvalue weighted by Gasteiger charge is -2.31. The minimum atomic E-state index is -1.29. The molecule has 5 heteroatoms. The van der Waals surface area contributed by atoms with Gasteiger partial charge in [0.25, 0.3) is 0 Å². The number of rotatable bonds is 4. The van der Waals surface area contributed by atoms with Crippen LogP contribution in [0.3, 0.4) is 0 Å². The van der Waals surface area contributed by atoms with Crippen molar-refractivity contribution in [2.75, 3.05) is 0 Å². The lowest BCUT2D eigenvalue weighted by atomic mass is 9.81. The van der Waals surface area contributed by atoms with Crippen molar-refractivity contribution in [3.63, 3.8) is 0 Å². The quantitative estimate of drug-likeness (QED) is 0.216. The molecule has 5 heterocycles. The summed E-state index contributed by atoms with van der Waals surface area (Å²) in [5.74, 6) is -0.365. The molecule has 1 atom stereocenters. The number of hydrogen-bond acceptors (Lipinski definition) is 3. The van der Waals surface area contributed by atoms with Gasteiger partial charge >= 0.3 is 5.97 Å². The van der Waals surface area contributed by atoms with E-state index in [-0.39, 0.29) is 5.97 Å². The van der Waals surface area contributed by atoms with Crippen LogP contribution >= 0.6 is 0 Å². The number of pyridine rings is 2. The number of para-hydroxylation sites is 2. The summed E-state index contributed by atoms with van der Waals surface area (Å²) >= 11 is 0. The SMILES string of the molecule is CCn1c(C)c(C2(c3c(-c4ccccc4)cc4ccccn34)OC(=O)c3cc4ccccc4nc32)c2ccccc21. The van der Waals surface area contributed by atoms with E-state index in [1.54, 1.807) is 0 Å². The fraction of sp³-hybridized carbons (Fsp3) is 0.111. The van der Waals surface area contributed by atoms with Gasteiger partial charge in [0.15, 0.2) is 0 Å². The maximum Gasteiger partial charge on any atom is 0.341 e. The molecule has 0 spiro atoms. The molecule has 4 aromatic heterocycles. The molecular formula is C36H27N3O2. The normalized spacial score (nSPS) is 16.5. The van der Waals surface area contributed by atoms with Crippen molar-refractivity contribution in [2.45, 2.75) is 26.0 Å². The number of esters is 1. The monoisotopic (exact) mass is 533 g/mol. The number of hydrogen-bond donors (Lipinski definition) is 0. The number of cyclic esters (lactones) is 1. The second kappa shape index (κ2) is 8.67. The summed E-state index contributed by atoms with van der Waals surface area (Å²) in [5.41, 5.74) is 7.71. The third-order valence-corrected chi connectivity index (χ3v) is 8.52. The molecule has 3 aromatic carbocycles. The Hall–Kier alpha value is -5.16. The standard InChI is InChI=1S/C36H27N3O2/c1-3-38-23(2)32(27-17-8-10-19-31(27)38)36(33-29(35(40)41-36)21-25-15-7-9-18-30(25)37-33)34-28(24-13-5-4-6-14-24)22-26-16-11-12-20-39(26)34/h4-22H,3H2,1-2H3. The van der Waals surface area contributed by atoms with Gasteiger partial charge in [-0.25, -0.2) is 9.78 Å². The van der Waals surface area contributed by atoms with Crippen LogP contribution in [-0.4, -0.2) is 19.9 Å². The number of nitrogens with zero attached hydrogens (tertiary/aromatic N) is 3. The zero-order valence-corrected chi connectivity index (χ0v) is 22.8. The molecule has 0 saturated heterocycles. The van der Waals surface area contributed by atoms with Gasteiger partial charge in [-0.1, -0.05) is 72.8 Å². The largest absolute Gasteiger partial charge is 0.437 e. The van der Waals surface area contributed by atoms with E-state index in [0.717, 1.165) is 61.9 Å². The number of ether oxygens (including phenoxy) is 1. The van der Waals surface area contributed by atoms with Crippen LogP contribution in [0.15, 0.2) is 115 Å². The van der Waals surface area contributed by atoms with Crippen LogP contribution in [0.5, 0.6) is 0 Å². The second-order valence-electron chi connectivity index (χ2n) is 10.6. The molecular weight excluding hydrogens is 506 g/mol. The molecule has 0 aliphatic carbocycles. The van der Waals surface area contributed by atoms with Crippen LogP contribution in [0.4, 0.5) is 0 Å². The van der Waals surface area contributed by atoms with Gasteiger partial charge in [-0.15, -0.1) is 0 Å². The molecule has 198 valence electrons. The van der Waals surface area contributed by atoms with Crippen molar-refractivity contribution in [3.05, 3.63) is 144 Å². The van der Waals surface area contributed by atoms with Gasteiger partial charge in [0, 0.05) is 51.4 Å². The predicted octanol–water partition coefficient (Wildman–Crippen LogP) is 7.90. The van der Waals surface area contributed by atoms with Crippen molar-refractivity contribution in [3.8, 4) is 11.1 Å². The molecule has 0 saturated carbocycles. The summed E-state index contributed by atoms with van der Waals surface area (Å²) in [6.45, 7) is 5.07. The van der Waals surface area contributed by atoms with Gasteiger partial charge < -0.3 is 13.7 Å². The number of fused-ring (bicyclic) bond motifs is 4. The van der Waals surface area contributed by atoms with E-state index in [0.29, 0.717) is 11.3 Å². The van der Waals surface area contributed by atoms with Crippen molar-refractivity contribution in [2.24, 2.45) is 0 Å². The van der Waals surface area contributed by atoms with Crippen LogP contribution < -0.4 is 0 Å². The Morgan fingerprint density at radius 2 is 1.59 bits per heavy atom. The highest BCUT2D eigenvalue weighted by molar-refractivity contribution is 6.01. The summed E-state index contributed by atoms with van der Waals surface area (Å²) < 4.78 is 11.3. The first-order valence-electron chi connectivity index (χ1n) is 14.0. The predicted molar refractivity (Wildman–Crippen MR) is 162 cm³/mol. The topological polar surface area (TPSA) is 48.5 Å². The minimum absolute atomic E-state index is 0.365. The molecule has 1 aliphatic rings. The highest BCUT2D eigenvalue weighted by Crippen LogP contribution is 2.53. The van der Waals surface area contributed by atoms with Crippen molar-refractivity contribution >= 4 is 33.3 Å². The summed E-state index contributed by atoms with van der Waals surface area (Å²) in [6.07, 6.45) is 2.06. The molecule has 0 amide bonds. The maximum absolute atomic E-state index is 14.0. The molecule has 0 bridgehead atoms. The summed E-state index contributed by atoms with van der Waals surface area (Å²) in [5, 5.41) is 1.96. The Morgan fingerprint density at radius 1 is 0.829 bits per heavy atom. The Bertz CT molecular complexity index is 2160. The Labute approximate surface area is 237 Å². The number of carbonyl (C=O) groups excluding carboxylic acids is 1. The molecule has 8 rings (SSSR count). The smallest absolute Gasteiger partial charge is 0.341 e. The first kappa shape index (κ1) is 23.7. The first-order chi connectivity index (χ1) is 20.1. The third kappa shape index (κ3) is 3.17. The Balaban J connectivity index is 1.61.